The average molecular weight is 266 g/mol. The molecule has 94 valence electrons. The number of nitro groups is 1. The predicted molar refractivity (Wildman–Crippen MR) is 67.7 cm³/mol. The van der Waals surface area contributed by atoms with Crippen molar-refractivity contribution < 1.29 is 14.2 Å². The number of hydrogen-bond donors (Lipinski definition) is 0. The monoisotopic (exact) mass is 266 g/mol. The summed E-state index contributed by atoms with van der Waals surface area (Å²) in [5.41, 5.74) is 0.152. The van der Waals surface area contributed by atoms with Crippen LogP contribution in [0.1, 0.15) is 16.3 Å². The molecule has 0 unspecified atom stereocenters. The normalized spacial score (nSPS) is 11.0. The highest BCUT2D eigenvalue weighted by atomic mass is 32.1. The molecule has 0 bridgehead atoms. The summed E-state index contributed by atoms with van der Waals surface area (Å²) in [5.74, 6) is 0.850. The van der Waals surface area contributed by atoms with E-state index < -0.39 is 4.92 Å². The van der Waals surface area contributed by atoms with Crippen molar-refractivity contribution in [3.05, 3.63) is 37.9 Å². The minimum Gasteiger partial charge on any atom is -0.495 e. The fourth-order valence-electron chi connectivity index (χ4n) is 1.46. The molecule has 7 heteroatoms. The Morgan fingerprint density at radius 3 is 3.00 bits per heavy atom. The van der Waals surface area contributed by atoms with Crippen LogP contribution in [-0.2, 0) is 0 Å². The van der Waals surface area contributed by atoms with Gasteiger partial charge in [-0.2, -0.15) is 0 Å². The lowest BCUT2D eigenvalue weighted by Crippen LogP contribution is -1.90. The third kappa shape index (κ3) is 2.25. The molecule has 6 nitrogen and oxygen atoms in total. The van der Waals surface area contributed by atoms with E-state index in [1.54, 1.807) is 13.2 Å². The number of rotatable bonds is 4. The van der Waals surface area contributed by atoms with Crippen molar-refractivity contribution in [3.63, 3.8) is 0 Å². The van der Waals surface area contributed by atoms with Gasteiger partial charge in [-0.15, -0.1) is 11.3 Å². The Hall–Kier alpha value is -2.15. The first-order chi connectivity index (χ1) is 8.63. The zero-order valence-electron chi connectivity index (χ0n) is 9.75. The molecule has 0 amide bonds. The van der Waals surface area contributed by atoms with Crippen LogP contribution >= 0.6 is 11.3 Å². The zero-order valence-corrected chi connectivity index (χ0v) is 10.6. The summed E-state index contributed by atoms with van der Waals surface area (Å²) in [6.07, 6.45) is 3.23. The lowest BCUT2D eigenvalue weighted by atomic mass is 10.3. The molecule has 0 aliphatic carbocycles. The van der Waals surface area contributed by atoms with Crippen LogP contribution in [0.3, 0.4) is 0 Å². The first-order valence-electron chi connectivity index (χ1n) is 5.03. The minimum absolute atomic E-state index is 0.109. The summed E-state index contributed by atoms with van der Waals surface area (Å²) in [5, 5.41) is 16.3. The molecule has 0 spiro atoms. The van der Waals surface area contributed by atoms with E-state index in [-0.39, 0.29) is 17.1 Å². The van der Waals surface area contributed by atoms with E-state index in [4.69, 9.17) is 9.26 Å². The third-order valence-electron chi connectivity index (χ3n) is 2.30. The van der Waals surface area contributed by atoms with Gasteiger partial charge in [-0.05, 0) is 30.5 Å². The summed E-state index contributed by atoms with van der Waals surface area (Å²) in [7, 11) is 1.57. The molecular formula is C11H10N2O4S. The van der Waals surface area contributed by atoms with Crippen molar-refractivity contribution in [1.29, 1.82) is 0 Å². The fraction of sp³-hybridized carbons (Fsp3) is 0.182. The van der Waals surface area contributed by atoms with Crippen LogP contribution in [0.25, 0.3) is 12.2 Å². The molecule has 0 fully saturated rings. The molecule has 0 aliphatic rings. The van der Waals surface area contributed by atoms with Crippen molar-refractivity contribution in [2.45, 2.75) is 6.92 Å². The second-order valence-corrected chi connectivity index (χ2v) is 4.37. The Balaban J connectivity index is 2.32. The van der Waals surface area contributed by atoms with Gasteiger partial charge >= 0.3 is 5.69 Å². The minimum atomic E-state index is -0.503. The molecule has 0 saturated heterocycles. The average Bonchev–Trinajstić information content (AvgIpc) is 2.92. The summed E-state index contributed by atoms with van der Waals surface area (Å²) in [4.78, 5) is 11.2. The molecule has 0 radical (unpaired) electrons. The number of hydrogen-bond acceptors (Lipinski definition) is 6. The van der Waals surface area contributed by atoms with Crippen molar-refractivity contribution in [3.8, 4) is 5.75 Å². The number of thiophene rings is 1. The predicted octanol–water partition coefficient (Wildman–Crippen LogP) is 3.13. The molecular weight excluding hydrogens is 256 g/mol. The summed E-state index contributed by atoms with van der Waals surface area (Å²) in [6.45, 7) is 1.53. The Labute approximate surface area is 107 Å². The first-order valence-corrected chi connectivity index (χ1v) is 5.91. The van der Waals surface area contributed by atoms with Crippen molar-refractivity contribution in [2.24, 2.45) is 0 Å². The standard InChI is InChI=1S/C11H10N2O4S/c1-7-11(13(14)15)9(17-12-7)3-4-10-8(16-2)5-6-18-10/h3-6H,1-2H3. The lowest BCUT2D eigenvalue weighted by Gasteiger charge is -1.95. The number of methoxy groups -OCH3 is 1. The molecule has 18 heavy (non-hydrogen) atoms. The van der Waals surface area contributed by atoms with Gasteiger partial charge in [0.05, 0.1) is 16.9 Å². The van der Waals surface area contributed by atoms with E-state index in [1.165, 1.54) is 24.3 Å². The van der Waals surface area contributed by atoms with Crippen molar-refractivity contribution >= 4 is 29.2 Å². The van der Waals surface area contributed by atoms with Gasteiger partial charge in [0.15, 0.2) is 5.69 Å². The van der Waals surface area contributed by atoms with Crippen LogP contribution < -0.4 is 4.74 Å². The Kier molecular flexibility index (Phi) is 3.42. The first kappa shape index (κ1) is 12.3. The molecule has 0 atom stereocenters. The zero-order chi connectivity index (χ0) is 13.1. The van der Waals surface area contributed by atoms with Gasteiger partial charge in [0.1, 0.15) is 5.75 Å². The van der Waals surface area contributed by atoms with Crippen LogP contribution in [0.15, 0.2) is 16.0 Å². The molecule has 2 rings (SSSR count). The molecule has 0 N–H and O–H groups in total. The number of ether oxygens (including phenoxy) is 1. The summed E-state index contributed by atoms with van der Waals surface area (Å²) in [6, 6.07) is 1.82. The van der Waals surface area contributed by atoms with Gasteiger partial charge in [-0.3, -0.25) is 10.1 Å². The molecule has 2 heterocycles. The quantitative estimate of drug-likeness (QED) is 0.627. The Morgan fingerprint density at radius 1 is 1.56 bits per heavy atom. The number of aromatic nitrogens is 1. The van der Waals surface area contributed by atoms with Gasteiger partial charge in [0, 0.05) is 0 Å². The molecule has 0 aromatic carbocycles. The van der Waals surface area contributed by atoms with E-state index in [9.17, 15) is 10.1 Å². The fourth-order valence-corrected chi connectivity index (χ4v) is 2.22. The van der Waals surface area contributed by atoms with Crippen molar-refractivity contribution in [2.75, 3.05) is 7.11 Å². The van der Waals surface area contributed by atoms with Crippen LogP contribution in [0.5, 0.6) is 5.75 Å². The highest BCUT2D eigenvalue weighted by Gasteiger charge is 2.22. The largest absolute Gasteiger partial charge is 0.495 e. The van der Waals surface area contributed by atoms with E-state index in [2.05, 4.69) is 5.16 Å². The third-order valence-corrected chi connectivity index (χ3v) is 3.17. The Bertz CT molecular complexity index is 600. The lowest BCUT2D eigenvalue weighted by molar-refractivity contribution is -0.386. The SMILES string of the molecule is COc1ccsc1C=Cc1onc(C)c1[N+](=O)[O-]. The van der Waals surface area contributed by atoms with Crippen LogP contribution in [0, 0.1) is 17.0 Å². The van der Waals surface area contributed by atoms with Gasteiger partial charge in [0.2, 0.25) is 5.76 Å². The van der Waals surface area contributed by atoms with Crippen LogP contribution in [0.4, 0.5) is 5.69 Å². The van der Waals surface area contributed by atoms with Crippen molar-refractivity contribution in [1.82, 2.24) is 5.16 Å². The molecule has 0 saturated carbocycles. The maximum atomic E-state index is 10.8. The molecule has 2 aromatic heterocycles. The van der Waals surface area contributed by atoms with E-state index in [1.807, 2.05) is 11.4 Å². The Morgan fingerprint density at radius 2 is 2.33 bits per heavy atom. The highest BCUT2D eigenvalue weighted by Crippen LogP contribution is 2.29. The number of aryl methyl sites for hydroxylation is 1. The van der Waals surface area contributed by atoms with Crippen LogP contribution in [0.2, 0.25) is 0 Å². The van der Waals surface area contributed by atoms with Gasteiger partial charge in [0.25, 0.3) is 0 Å². The van der Waals surface area contributed by atoms with E-state index >= 15 is 0 Å². The number of nitrogens with zero attached hydrogens (tertiary/aromatic N) is 2. The van der Waals surface area contributed by atoms with E-state index in [0.29, 0.717) is 0 Å². The van der Waals surface area contributed by atoms with Gasteiger partial charge in [-0.25, -0.2) is 0 Å². The second kappa shape index (κ2) is 5.01. The molecule has 2 aromatic rings. The maximum Gasteiger partial charge on any atom is 0.338 e. The smallest absolute Gasteiger partial charge is 0.338 e. The van der Waals surface area contributed by atoms with Gasteiger partial charge in [-0.1, -0.05) is 5.16 Å². The second-order valence-electron chi connectivity index (χ2n) is 3.42. The highest BCUT2D eigenvalue weighted by molar-refractivity contribution is 7.11. The molecule has 0 aliphatic heterocycles. The maximum absolute atomic E-state index is 10.8. The summed E-state index contributed by atoms with van der Waals surface area (Å²) >= 11 is 1.47. The topological polar surface area (TPSA) is 78.4 Å². The van der Waals surface area contributed by atoms with Crippen LogP contribution in [-0.4, -0.2) is 17.2 Å². The van der Waals surface area contributed by atoms with Gasteiger partial charge < -0.3 is 9.26 Å². The van der Waals surface area contributed by atoms with E-state index in [0.717, 1.165) is 10.6 Å². The summed E-state index contributed by atoms with van der Waals surface area (Å²) < 4.78 is 10.0.